The molecule has 1 rings (SSSR count). The molecule has 0 aliphatic heterocycles. The fourth-order valence-electron chi connectivity index (χ4n) is 1.33. The molecule has 100 valence electrons. The van der Waals surface area contributed by atoms with Gasteiger partial charge in [0.05, 0.1) is 29.8 Å². The molecule has 1 atom stereocenters. The van der Waals surface area contributed by atoms with Crippen LogP contribution in [0.2, 0.25) is 10.0 Å². The Labute approximate surface area is 129 Å². The zero-order valence-electron chi connectivity index (χ0n) is 9.54. The molecule has 1 aromatic rings. The van der Waals surface area contributed by atoms with E-state index in [1.165, 1.54) is 13.2 Å². The summed E-state index contributed by atoms with van der Waals surface area (Å²) in [7, 11) is 1.49. The van der Waals surface area contributed by atoms with E-state index in [9.17, 15) is 4.79 Å². The number of hydrogen-bond acceptors (Lipinski definition) is 3. The van der Waals surface area contributed by atoms with E-state index in [0.29, 0.717) is 19.2 Å². The van der Waals surface area contributed by atoms with Gasteiger partial charge in [-0.05, 0) is 34.7 Å². The van der Waals surface area contributed by atoms with Gasteiger partial charge in [-0.25, -0.2) is 0 Å². The van der Waals surface area contributed by atoms with Gasteiger partial charge < -0.3 is 15.2 Å². The number of aliphatic hydroxyl groups excluding tert-OH is 1. The fourth-order valence-corrected chi connectivity index (χ4v) is 2.38. The van der Waals surface area contributed by atoms with Crippen molar-refractivity contribution in [2.75, 3.05) is 20.3 Å². The first kappa shape index (κ1) is 16.0. The Kier molecular flexibility index (Phi) is 6.65. The normalized spacial score (nSPS) is 12.3. The maximum absolute atomic E-state index is 12.0. The van der Waals surface area contributed by atoms with E-state index in [4.69, 9.17) is 33.0 Å². The van der Waals surface area contributed by atoms with Crippen molar-refractivity contribution in [1.29, 1.82) is 0 Å². The number of carbonyl (C=O) groups is 1. The summed E-state index contributed by atoms with van der Waals surface area (Å²) < 4.78 is 5.50. The monoisotopic (exact) mass is 403 g/mol. The van der Waals surface area contributed by atoms with Gasteiger partial charge in [-0.2, -0.15) is 0 Å². The summed E-state index contributed by atoms with van der Waals surface area (Å²) in [6.07, 6.45) is 0. The number of carbonyl (C=O) groups excluding carboxylic acids is 1. The van der Waals surface area contributed by atoms with Crippen molar-refractivity contribution in [3.05, 3.63) is 31.3 Å². The van der Waals surface area contributed by atoms with Crippen LogP contribution in [0.15, 0.2) is 12.1 Å². The number of hydrogen-bond donors (Lipinski definition) is 2. The van der Waals surface area contributed by atoms with Crippen LogP contribution in [0, 0.1) is 3.57 Å². The van der Waals surface area contributed by atoms with Crippen molar-refractivity contribution >= 4 is 51.7 Å². The van der Waals surface area contributed by atoms with Crippen molar-refractivity contribution in [2.24, 2.45) is 0 Å². The largest absolute Gasteiger partial charge is 0.394 e. The molecule has 0 aliphatic rings. The molecule has 0 spiro atoms. The summed E-state index contributed by atoms with van der Waals surface area (Å²) in [5.41, 5.74) is 0.377. The third-order valence-corrected chi connectivity index (χ3v) is 4.16. The van der Waals surface area contributed by atoms with Crippen LogP contribution in [0.4, 0.5) is 0 Å². The lowest BCUT2D eigenvalue weighted by molar-refractivity contribution is 0.0839. The second-order valence-corrected chi connectivity index (χ2v) is 5.48. The first-order valence-corrected chi connectivity index (χ1v) is 6.88. The Balaban J connectivity index is 2.90. The smallest absolute Gasteiger partial charge is 0.252 e. The first-order valence-electron chi connectivity index (χ1n) is 5.04. The molecule has 7 heteroatoms. The van der Waals surface area contributed by atoms with Crippen molar-refractivity contribution in [1.82, 2.24) is 5.32 Å². The number of amides is 1. The fraction of sp³-hybridized carbons (Fsp3) is 0.364. The highest BCUT2D eigenvalue weighted by Crippen LogP contribution is 2.26. The van der Waals surface area contributed by atoms with Gasteiger partial charge in [0.15, 0.2) is 0 Å². The van der Waals surface area contributed by atoms with E-state index < -0.39 is 6.04 Å². The van der Waals surface area contributed by atoms with Gasteiger partial charge in [-0.15, -0.1) is 0 Å². The summed E-state index contributed by atoms with van der Waals surface area (Å²) in [6, 6.07) is 2.64. The Morgan fingerprint density at radius 2 is 2.22 bits per heavy atom. The van der Waals surface area contributed by atoms with Crippen LogP contribution in [0.25, 0.3) is 0 Å². The number of aliphatic hydroxyl groups is 1. The van der Waals surface area contributed by atoms with Gasteiger partial charge in [0.1, 0.15) is 0 Å². The van der Waals surface area contributed by atoms with E-state index in [2.05, 4.69) is 5.32 Å². The molecule has 2 N–H and O–H groups in total. The van der Waals surface area contributed by atoms with Gasteiger partial charge in [0.2, 0.25) is 0 Å². The molecular weight excluding hydrogens is 392 g/mol. The van der Waals surface area contributed by atoms with Crippen LogP contribution in [0.1, 0.15) is 10.4 Å². The Hall–Kier alpha value is -0.0800. The highest BCUT2D eigenvalue weighted by molar-refractivity contribution is 14.1. The molecule has 0 bridgehead atoms. The van der Waals surface area contributed by atoms with Crippen LogP contribution in [0.5, 0.6) is 0 Å². The van der Waals surface area contributed by atoms with Crippen molar-refractivity contribution in [2.45, 2.75) is 6.04 Å². The topological polar surface area (TPSA) is 58.6 Å². The molecule has 0 fully saturated rings. The Morgan fingerprint density at radius 3 is 2.78 bits per heavy atom. The molecule has 0 saturated heterocycles. The van der Waals surface area contributed by atoms with Crippen molar-refractivity contribution in [3.8, 4) is 0 Å². The van der Waals surface area contributed by atoms with E-state index >= 15 is 0 Å². The second kappa shape index (κ2) is 7.49. The van der Waals surface area contributed by atoms with Crippen LogP contribution < -0.4 is 5.32 Å². The quantitative estimate of drug-likeness (QED) is 0.586. The van der Waals surface area contributed by atoms with Gasteiger partial charge in [0.25, 0.3) is 5.91 Å². The summed E-state index contributed by atoms with van der Waals surface area (Å²) >= 11 is 13.8. The lowest BCUT2D eigenvalue weighted by atomic mass is 10.2. The third kappa shape index (κ3) is 4.24. The predicted octanol–water partition coefficient (Wildman–Crippen LogP) is 2.34. The minimum Gasteiger partial charge on any atom is -0.394 e. The SMILES string of the molecule is COCC(CO)NC(=O)c1cc(Cl)cc(Cl)c1I. The highest BCUT2D eigenvalue weighted by Gasteiger charge is 2.17. The third-order valence-electron chi connectivity index (χ3n) is 2.16. The van der Waals surface area contributed by atoms with E-state index in [-0.39, 0.29) is 19.1 Å². The van der Waals surface area contributed by atoms with Crippen LogP contribution in [0.3, 0.4) is 0 Å². The predicted molar refractivity (Wildman–Crippen MR) is 79.4 cm³/mol. The lowest BCUT2D eigenvalue weighted by Gasteiger charge is -2.16. The molecule has 1 amide bonds. The minimum absolute atomic E-state index is 0.204. The number of ether oxygens (including phenoxy) is 1. The summed E-state index contributed by atoms with van der Waals surface area (Å²) in [4.78, 5) is 12.0. The Morgan fingerprint density at radius 1 is 1.56 bits per heavy atom. The molecule has 18 heavy (non-hydrogen) atoms. The standard InChI is InChI=1S/C11H12Cl2INO3/c1-18-5-7(4-16)15-11(17)8-2-6(12)3-9(13)10(8)14/h2-3,7,16H,4-5H2,1H3,(H,15,17). The summed E-state index contributed by atoms with van der Waals surface area (Å²) in [6.45, 7) is 0.0254. The highest BCUT2D eigenvalue weighted by atomic mass is 127. The number of benzene rings is 1. The molecule has 0 heterocycles. The zero-order chi connectivity index (χ0) is 13.7. The lowest BCUT2D eigenvalue weighted by Crippen LogP contribution is -2.40. The maximum atomic E-state index is 12.0. The number of methoxy groups -OCH3 is 1. The van der Waals surface area contributed by atoms with Gasteiger partial charge in [0, 0.05) is 15.7 Å². The molecule has 1 unspecified atom stereocenters. The molecule has 1 aromatic carbocycles. The minimum atomic E-state index is -0.462. The molecule has 0 radical (unpaired) electrons. The summed E-state index contributed by atoms with van der Waals surface area (Å²) in [5.74, 6) is -0.347. The maximum Gasteiger partial charge on any atom is 0.252 e. The van der Waals surface area contributed by atoms with Crippen molar-refractivity contribution in [3.63, 3.8) is 0 Å². The van der Waals surface area contributed by atoms with Crippen LogP contribution in [-0.4, -0.2) is 37.4 Å². The zero-order valence-corrected chi connectivity index (χ0v) is 13.2. The molecule has 4 nitrogen and oxygen atoms in total. The number of halogens is 3. The van der Waals surface area contributed by atoms with Crippen molar-refractivity contribution < 1.29 is 14.6 Å². The average molecular weight is 404 g/mol. The number of rotatable bonds is 5. The molecule has 0 saturated carbocycles. The summed E-state index contributed by atoms with van der Waals surface area (Å²) in [5, 5.41) is 12.5. The van der Waals surface area contributed by atoms with Crippen LogP contribution in [-0.2, 0) is 4.74 Å². The van der Waals surface area contributed by atoms with Gasteiger partial charge >= 0.3 is 0 Å². The molecule has 0 aliphatic carbocycles. The Bertz CT molecular complexity index is 443. The first-order chi connectivity index (χ1) is 8.49. The molecule has 0 aromatic heterocycles. The number of nitrogens with one attached hydrogen (secondary N) is 1. The van der Waals surface area contributed by atoms with Gasteiger partial charge in [-0.3, -0.25) is 4.79 Å². The molecular formula is C11H12Cl2INO3. The van der Waals surface area contributed by atoms with Gasteiger partial charge in [-0.1, -0.05) is 23.2 Å². The van der Waals surface area contributed by atoms with Crippen LogP contribution >= 0.6 is 45.8 Å². The van der Waals surface area contributed by atoms with E-state index in [1.54, 1.807) is 6.07 Å². The average Bonchev–Trinajstić information content (AvgIpc) is 2.32. The van der Waals surface area contributed by atoms with E-state index in [0.717, 1.165) is 0 Å². The second-order valence-electron chi connectivity index (χ2n) is 3.56. The van der Waals surface area contributed by atoms with E-state index in [1.807, 2.05) is 22.6 Å².